The number of hydrogen-bond donors (Lipinski definition) is 2. The monoisotopic (exact) mass is 275 g/mol. The molecule has 0 aliphatic rings. The molecule has 0 saturated heterocycles. The van der Waals surface area contributed by atoms with Gasteiger partial charge in [-0.3, -0.25) is 9.59 Å². The molecule has 0 aliphatic heterocycles. The van der Waals surface area contributed by atoms with Gasteiger partial charge in [-0.15, -0.1) is 11.3 Å². The van der Waals surface area contributed by atoms with E-state index in [1.807, 2.05) is 23.6 Å². The van der Waals surface area contributed by atoms with Crippen LogP contribution in [0.4, 0.5) is 0 Å². The third-order valence-electron chi connectivity index (χ3n) is 2.61. The van der Waals surface area contributed by atoms with Crippen molar-refractivity contribution in [3.05, 3.63) is 58.3 Å². The van der Waals surface area contributed by atoms with E-state index in [-0.39, 0.29) is 12.3 Å². The quantitative estimate of drug-likeness (QED) is 0.881. The van der Waals surface area contributed by atoms with Gasteiger partial charge in [0.2, 0.25) is 0 Å². The van der Waals surface area contributed by atoms with E-state index >= 15 is 0 Å². The van der Waals surface area contributed by atoms with Crippen molar-refractivity contribution in [1.29, 1.82) is 0 Å². The number of carbonyl (C=O) groups excluding carboxylic acids is 1. The molecule has 0 fully saturated rings. The van der Waals surface area contributed by atoms with Gasteiger partial charge in [-0.25, -0.2) is 0 Å². The number of nitrogens with one attached hydrogen (secondary N) is 1. The van der Waals surface area contributed by atoms with Crippen molar-refractivity contribution in [2.45, 2.75) is 12.5 Å². The normalized spacial score (nSPS) is 11.8. The fraction of sp³-hybridized carbons (Fsp3) is 0.143. The Morgan fingerprint density at radius 2 is 1.89 bits per heavy atom. The Labute approximate surface area is 114 Å². The van der Waals surface area contributed by atoms with Gasteiger partial charge >= 0.3 is 5.97 Å². The Bertz CT molecular complexity index is 551. The molecule has 4 nitrogen and oxygen atoms in total. The maximum atomic E-state index is 12.0. The van der Waals surface area contributed by atoms with Gasteiger partial charge in [0.05, 0.1) is 12.5 Å². The first kappa shape index (κ1) is 13.3. The van der Waals surface area contributed by atoms with Crippen LogP contribution in [0, 0.1) is 0 Å². The molecule has 0 aliphatic carbocycles. The maximum absolute atomic E-state index is 12.0. The van der Waals surface area contributed by atoms with E-state index in [1.54, 1.807) is 24.3 Å². The topological polar surface area (TPSA) is 66.4 Å². The zero-order valence-corrected chi connectivity index (χ0v) is 10.9. The molecule has 2 rings (SSSR count). The first-order chi connectivity index (χ1) is 9.16. The number of carboxylic acids is 1. The second-order valence-electron chi connectivity index (χ2n) is 4.01. The second-order valence-corrected chi connectivity index (χ2v) is 4.98. The first-order valence-electron chi connectivity index (χ1n) is 5.78. The van der Waals surface area contributed by atoms with Crippen molar-refractivity contribution in [2.24, 2.45) is 0 Å². The summed E-state index contributed by atoms with van der Waals surface area (Å²) in [5.41, 5.74) is 0.523. The number of thiophene rings is 1. The summed E-state index contributed by atoms with van der Waals surface area (Å²) in [6, 6.07) is 11.9. The van der Waals surface area contributed by atoms with Crippen LogP contribution in [-0.4, -0.2) is 17.0 Å². The van der Waals surface area contributed by atoms with Gasteiger partial charge in [0.15, 0.2) is 0 Å². The van der Waals surface area contributed by atoms with Crippen LogP contribution in [0.25, 0.3) is 0 Å². The van der Waals surface area contributed by atoms with Crippen LogP contribution in [0.1, 0.15) is 27.7 Å². The molecule has 2 N–H and O–H groups in total. The fourth-order valence-corrected chi connectivity index (χ4v) is 2.50. The largest absolute Gasteiger partial charge is 0.481 e. The van der Waals surface area contributed by atoms with Crippen LogP contribution >= 0.6 is 11.3 Å². The Morgan fingerprint density at radius 1 is 1.16 bits per heavy atom. The van der Waals surface area contributed by atoms with Crippen LogP contribution in [-0.2, 0) is 4.79 Å². The molecule has 0 unspecified atom stereocenters. The molecule has 0 saturated carbocycles. The number of carbonyl (C=O) groups is 2. The Balaban J connectivity index is 2.12. The minimum absolute atomic E-state index is 0.126. The standard InChI is InChI=1S/C14H13NO3S/c16-13(17)9-11(12-7-4-8-19-12)15-14(18)10-5-2-1-3-6-10/h1-8,11H,9H2,(H,15,18)(H,16,17)/t11-/m0/s1. The van der Waals surface area contributed by atoms with Gasteiger partial charge in [-0.2, -0.15) is 0 Å². The molecule has 1 aromatic carbocycles. The fourth-order valence-electron chi connectivity index (χ4n) is 1.72. The molecule has 5 heteroatoms. The summed E-state index contributed by atoms with van der Waals surface area (Å²) < 4.78 is 0. The van der Waals surface area contributed by atoms with E-state index in [0.717, 1.165) is 4.88 Å². The van der Waals surface area contributed by atoms with Crippen molar-refractivity contribution >= 4 is 23.2 Å². The Kier molecular flexibility index (Phi) is 4.30. The highest BCUT2D eigenvalue weighted by atomic mass is 32.1. The molecule has 0 bridgehead atoms. The lowest BCUT2D eigenvalue weighted by Crippen LogP contribution is -2.29. The predicted molar refractivity (Wildman–Crippen MR) is 73.2 cm³/mol. The molecule has 1 heterocycles. The van der Waals surface area contributed by atoms with Crippen LogP contribution in [0.3, 0.4) is 0 Å². The minimum atomic E-state index is -0.938. The van der Waals surface area contributed by atoms with Crippen LogP contribution in [0.5, 0.6) is 0 Å². The summed E-state index contributed by atoms with van der Waals surface area (Å²) in [4.78, 5) is 23.7. The average Bonchev–Trinajstić information content (AvgIpc) is 2.92. The zero-order valence-electron chi connectivity index (χ0n) is 10.1. The molecule has 1 atom stereocenters. The van der Waals surface area contributed by atoms with Crippen molar-refractivity contribution < 1.29 is 14.7 Å². The van der Waals surface area contributed by atoms with E-state index in [2.05, 4.69) is 5.32 Å². The van der Waals surface area contributed by atoms with Crippen LogP contribution < -0.4 is 5.32 Å². The van der Waals surface area contributed by atoms with E-state index in [0.29, 0.717) is 5.56 Å². The summed E-state index contributed by atoms with van der Waals surface area (Å²) in [7, 11) is 0. The van der Waals surface area contributed by atoms with Crippen molar-refractivity contribution in [3.8, 4) is 0 Å². The van der Waals surface area contributed by atoms with Crippen LogP contribution in [0.2, 0.25) is 0 Å². The van der Waals surface area contributed by atoms with E-state index in [4.69, 9.17) is 5.11 Å². The molecular formula is C14H13NO3S. The third-order valence-corrected chi connectivity index (χ3v) is 3.59. The van der Waals surface area contributed by atoms with Gasteiger partial charge in [0.25, 0.3) is 5.91 Å². The second kappa shape index (κ2) is 6.15. The number of hydrogen-bond acceptors (Lipinski definition) is 3. The van der Waals surface area contributed by atoms with Gasteiger partial charge < -0.3 is 10.4 Å². The number of amides is 1. The molecule has 1 amide bonds. The number of carboxylic acid groups (broad SMARTS) is 1. The zero-order chi connectivity index (χ0) is 13.7. The summed E-state index contributed by atoms with van der Waals surface area (Å²) in [5.74, 6) is -1.20. The predicted octanol–water partition coefficient (Wildman–Crippen LogP) is 2.69. The summed E-state index contributed by atoms with van der Waals surface area (Å²) in [6.07, 6.45) is -0.126. The number of aliphatic carboxylic acids is 1. The molecule has 19 heavy (non-hydrogen) atoms. The summed E-state index contributed by atoms with van der Waals surface area (Å²) in [5, 5.41) is 13.5. The lowest BCUT2D eigenvalue weighted by atomic mass is 10.1. The van der Waals surface area contributed by atoms with E-state index in [1.165, 1.54) is 11.3 Å². The van der Waals surface area contributed by atoms with Gasteiger partial charge in [0, 0.05) is 10.4 Å². The lowest BCUT2D eigenvalue weighted by Gasteiger charge is -2.15. The highest BCUT2D eigenvalue weighted by molar-refractivity contribution is 7.10. The van der Waals surface area contributed by atoms with E-state index < -0.39 is 12.0 Å². The van der Waals surface area contributed by atoms with Crippen LogP contribution in [0.15, 0.2) is 47.8 Å². The number of benzene rings is 1. The Morgan fingerprint density at radius 3 is 2.47 bits per heavy atom. The third kappa shape index (κ3) is 3.66. The molecule has 98 valence electrons. The lowest BCUT2D eigenvalue weighted by molar-refractivity contribution is -0.137. The summed E-state index contributed by atoms with van der Waals surface area (Å²) >= 11 is 1.43. The average molecular weight is 275 g/mol. The smallest absolute Gasteiger partial charge is 0.305 e. The van der Waals surface area contributed by atoms with Gasteiger partial charge in [0.1, 0.15) is 0 Å². The molecule has 2 aromatic rings. The Hall–Kier alpha value is -2.14. The molecular weight excluding hydrogens is 262 g/mol. The molecule has 1 aromatic heterocycles. The maximum Gasteiger partial charge on any atom is 0.305 e. The molecule has 0 radical (unpaired) electrons. The minimum Gasteiger partial charge on any atom is -0.481 e. The van der Waals surface area contributed by atoms with Gasteiger partial charge in [-0.05, 0) is 23.6 Å². The summed E-state index contributed by atoms with van der Waals surface area (Å²) in [6.45, 7) is 0. The highest BCUT2D eigenvalue weighted by Crippen LogP contribution is 2.22. The van der Waals surface area contributed by atoms with Gasteiger partial charge in [-0.1, -0.05) is 24.3 Å². The van der Waals surface area contributed by atoms with Crippen molar-refractivity contribution in [1.82, 2.24) is 5.32 Å². The van der Waals surface area contributed by atoms with E-state index in [9.17, 15) is 9.59 Å². The number of rotatable bonds is 5. The van der Waals surface area contributed by atoms with Crippen molar-refractivity contribution in [2.75, 3.05) is 0 Å². The molecule has 0 spiro atoms. The SMILES string of the molecule is O=C(O)C[C@H](NC(=O)c1ccccc1)c1cccs1. The highest BCUT2D eigenvalue weighted by Gasteiger charge is 2.19. The van der Waals surface area contributed by atoms with Crippen molar-refractivity contribution in [3.63, 3.8) is 0 Å². The first-order valence-corrected chi connectivity index (χ1v) is 6.66.